The average Bonchev–Trinajstić information content (AvgIpc) is 3.27. The summed E-state index contributed by atoms with van der Waals surface area (Å²) in [5.41, 5.74) is 0. The Bertz CT molecular complexity index is 782. The van der Waals surface area contributed by atoms with Crippen LogP contribution in [0.1, 0.15) is 28.9 Å². The Kier molecular flexibility index (Phi) is 4.56. The van der Waals surface area contributed by atoms with Crippen molar-refractivity contribution in [1.29, 1.82) is 0 Å². The van der Waals surface area contributed by atoms with Crippen molar-refractivity contribution in [2.24, 2.45) is 0 Å². The van der Waals surface area contributed by atoms with Crippen LogP contribution in [0.15, 0.2) is 39.4 Å². The summed E-state index contributed by atoms with van der Waals surface area (Å²) < 4.78 is 14.2. The first-order valence-electron chi connectivity index (χ1n) is 7.88. The highest BCUT2D eigenvalue weighted by atomic mass is 35.5. The Morgan fingerprint density at radius 1 is 1.33 bits per heavy atom. The van der Waals surface area contributed by atoms with Gasteiger partial charge in [-0.2, -0.15) is 0 Å². The number of hydrogen-bond donors (Lipinski definition) is 2. The van der Waals surface area contributed by atoms with Gasteiger partial charge in [-0.05, 0) is 49.6 Å². The fourth-order valence-corrected chi connectivity index (χ4v) is 5.67. The van der Waals surface area contributed by atoms with E-state index in [2.05, 4.69) is 10.6 Å². The van der Waals surface area contributed by atoms with Crippen molar-refractivity contribution in [2.75, 3.05) is 0 Å². The Labute approximate surface area is 153 Å². The largest absolute Gasteiger partial charge is 0.347 e. The van der Waals surface area contributed by atoms with Gasteiger partial charge in [0.05, 0.1) is 14.1 Å². The minimum Gasteiger partial charge on any atom is -0.347 e. The number of carbonyl (C=O) groups is 1. The van der Waals surface area contributed by atoms with Crippen molar-refractivity contribution in [3.63, 3.8) is 0 Å². The van der Waals surface area contributed by atoms with E-state index in [4.69, 9.17) is 11.6 Å². The van der Waals surface area contributed by atoms with E-state index < -0.39 is 5.82 Å². The molecule has 2 saturated heterocycles. The molecule has 0 radical (unpaired) electrons. The van der Waals surface area contributed by atoms with Crippen LogP contribution in [-0.2, 0) is 0 Å². The molecule has 1 aromatic heterocycles. The molecule has 3 heterocycles. The van der Waals surface area contributed by atoms with Gasteiger partial charge in [0.25, 0.3) is 5.91 Å². The SMILES string of the molecule is O=C(N[C@@H]1C[C@H]2CC[C@@H]1N2)c1ccc(Sc2ccc(F)c(Cl)c2)s1. The monoisotopic (exact) mass is 382 g/mol. The summed E-state index contributed by atoms with van der Waals surface area (Å²) in [5.74, 6) is -0.435. The molecule has 1 aromatic carbocycles. The van der Waals surface area contributed by atoms with Crippen LogP contribution in [0.4, 0.5) is 4.39 Å². The summed E-state index contributed by atoms with van der Waals surface area (Å²) in [7, 11) is 0. The van der Waals surface area contributed by atoms with Gasteiger partial charge in [0.15, 0.2) is 0 Å². The van der Waals surface area contributed by atoms with E-state index in [0.29, 0.717) is 17.0 Å². The molecule has 2 N–H and O–H groups in total. The number of thiophene rings is 1. The lowest BCUT2D eigenvalue weighted by atomic mass is 9.95. The lowest BCUT2D eigenvalue weighted by Crippen LogP contribution is -2.42. The molecule has 1 amide bonds. The van der Waals surface area contributed by atoms with Crippen LogP contribution < -0.4 is 10.6 Å². The van der Waals surface area contributed by atoms with Crippen molar-refractivity contribution in [2.45, 2.75) is 46.5 Å². The molecule has 2 aromatic rings. The summed E-state index contributed by atoms with van der Waals surface area (Å²) in [6.07, 6.45) is 3.39. The first-order chi connectivity index (χ1) is 11.6. The molecule has 2 aliphatic heterocycles. The van der Waals surface area contributed by atoms with Crippen LogP contribution in [-0.4, -0.2) is 24.0 Å². The third-order valence-corrected chi connectivity index (χ3v) is 7.03. The molecule has 0 saturated carbocycles. The van der Waals surface area contributed by atoms with Crippen molar-refractivity contribution >= 4 is 40.6 Å². The van der Waals surface area contributed by atoms with Crippen LogP contribution in [0.5, 0.6) is 0 Å². The lowest BCUT2D eigenvalue weighted by molar-refractivity contribution is 0.0935. The van der Waals surface area contributed by atoms with E-state index >= 15 is 0 Å². The molecule has 0 spiro atoms. The molecule has 7 heteroatoms. The van der Waals surface area contributed by atoms with Crippen molar-refractivity contribution < 1.29 is 9.18 Å². The van der Waals surface area contributed by atoms with E-state index in [9.17, 15) is 9.18 Å². The molecular weight excluding hydrogens is 367 g/mol. The molecule has 0 unspecified atom stereocenters. The molecule has 2 bridgehead atoms. The number of carbonyl (C=O) groups excluding carboxylic acids is 1. The third kappa shape index (κ3) is 3.33. The minimum atomic E-state index is -0.424. The molecular formula is C17H16ClFN2OS2. The second kappa shape index (κ2) is 6.67. The first kappa shape index (κ1) is 16.4. The zero-order chi connectivity index (χ0) is 16.7. The number of nitrogens with one attached hydrogen (secondary N) is 2. The Balaban J connectivity index is 1.40. The highest BCUT2D eigenvalue weighted by molar-refractivity contribution is 8.01. The Hall–Kier alpha value is -1.08. The van der Waals surface area contributed by atoms with Gasteiger partial charge in [-0.25, -0.2) is 4.39 Å². The Morgan fingerprint density at radius 3 is 2.92 bits per heavy atom. The van der Waals surface area contributed by atoms with Gasteiger partial charge in [-0.15, -0.1) is 11.3 Å². The number of amides is 1. The molecule has 3 atom stereocenters. The van der Waals surface area contributed by atoms with Crippen molar-refractivity contribution in [3.8, 4) is 0 Å². The van der Waals surface area contributed by atoms with Gasteiger partial charge in [0.1, 0.15) is 5.82 Å². The van der Waals surface area contributed by atoms with Crippen LogP contribution in [0.2, 0.25) is 5.02 Å². The quantitative estimate of drug-likeness (QED) is 0.827. The standard InChI is InChI=1S/C17H16ClFN2OS2/c18-11-8-10(2-3-12(11)19)23-16-6-5-15(24-16)17(22)21-14-7-9-1-4-13(14)20-9/h2-3,5-6,8-9,13-14,20H,1,4,7H2,(H,21,22)/t9-,13+,14-/m1/s1. The number of hydrogen-bond acceptors (Lipinski definition) is 4. The van der Waals surface area contributed by atoms with E-state index in [1.54, 1.807) is 12.1 Å². The van der Waals surface area contributed by atoms with E-state index in [-0.39, 0.29) is 17.0 Å². The topological polar surface area (TPSA) is 41.1 Å². The number of fused-ring (bicyclic) bond motifs is 2. The first-order valence-corrected chi connectivity index (χ1v) is 9.89. The summed E-state index contributed by atoms with van der Waals surface area (Å²) in [6.45, 7) is 0. The minimum absolute atomic E-state index is 0.0108. The summed E-state index contributed by atoms with van der Waals surface area (Å²) in [4.78, 5) is 14.0. The molecule has 0 aliphatic carbocycles. The predicted molar refractivity (Wildman–Crippen MR) is 95.7 cm³/mol. The molecule has 126 valence electrons. The van der Waals surface area contributed by atoms with E-state index in [1.807, 2.05) is 12.1 Å². The van der Waals surface area contributed by atoms with Crippen LogP contribution >= 0.6 is 34.7 Å². The maximum absolute atomic E-state index is 13.2. The van der Waals surface area contributed by atoms with Gasteiger partial charge in [-0.1, -0.05) is 23.4 Å². The molecule has 3 nitrogen and oxygen atoms in total. The van der Waals surface area contributed by atoms with Gasteiger partial charge >= 0.3 is 0 Å². The zero-order valence-corrected chi connectivity index (χ0v) is 15.1. The number of rotatable bonds is 4. The number of halogens is 2. The summed E-state index contributed by atoms with van der Waals surface area (Å²) >= 11 is 8.73. The second-order valence-corrected chi connectivity index (χ2v) is 9.02. The summed E-state index contributed by atoms with van der Waals surface area (Å²) in [6, 6.07) is 9.63. The number of benzene rings is 1. The van der Waals surface area contributed by atoms with Gasteiger partial charge in [0.2, 0.25) is 0 Å². The summed E-state index contributed by atoms with van der Waals surface area (Å²) in [5, 5.41) is 6.78. The molecule has 4 rings (SSSR count). The maximum atomic E-state index is 13.2. The third-order valence-electron chi connectivity index (χ3n) is 4.53. The average molecular weight is 383 g/mol. The molecule has 2 fully saturated rings. The van der Waals surface area contributed by atoms with Gasteiger partial charge in [0, 0.05) is 23.0 Å². The molecule has 24 heavy (non-hydrogen) atoms. The van der Waals surface area contributed by atoms with Crippen LogP contribution in [0.25, 0.3) is 0 Å². The van der Waals surface area contributed by atoms with Crippen LogP contribution in [0, 0.1) is 5.82 Å². The van der Waals surface area contributed by atoms with E-state index in [0.717, 1.165) is 21.9 Å². The van der Waals surface area contributed by atoms with Crippen LogP contribution in [0.3, 0.4) is 0 Å². The highest BCUT2D eigenvalue weighted by Crippen LogP contribution is 2.35. The fourth-order valence-electron chi connectivity index (χ4n) is 3.38. The maximum Gasteiger partial charge on any atom is 0.261 e. The molecule has 2 aliphatic rings. The predicted octanol–water partition coefficient (Wildman–Crippen LogP) is 4.31. The zero-order valence-electron chi connectivity index (χ0n) is 12.7. The van der Waals surface area contributed by atoms with E-state index in [1.165, 1.54) is 35.6 Å². The lowest BCUT2D eigenvalue weighted by Gasteiger charge is -2.20. The Morgan fingerprint density at radius 2 is 2.21 bits per heavy atom. The van der Waals surface area contributed by atoms with Crippen molar-refractivity contribution in [3.05, 3.63) is 46.0 Å². The van der Waals surface area contributed by atoms with Crippen molar-refractivity contribution in [1.82, 2.24) is 10.6 Å². The fraction of sp³-hybridized carbons (Fsp3) is 0.353. The normalized spacial score (nSPS) is 25.2. The van der Waals surface area contributed by atoms with Gasteiger partial charge in [-0.3, -0.25) is 4.79 Å². The van der Waals surface area contributed by atoms with Gasteiger partial charge < -0.3 is 10.6 Å². The highest BCUT2D eigenvalue weighted by Gasteiger charge is 2.39. The second-order valence-electron chi connectivity index (χ2n) is 6.16. The smallest absolute Gasteiger partial charge is 0.261 e.